The predicted octanol–water partition coefficient (Wildman–Crippen LogP) is 0.501. The normalized spacial score (nSPS) is 10.4. The Morgan fingerprint density at radius 3 is 2.36 bits per heavy atom. The van der Waals surface area contributed by atoms with Crippen molar-refractivity contribution in [2.45, 2.75) is 25.9 Å². The Bertz CT molecular complexity index is 130. The van der Waals surface area contributed by atoms with Crippen LogP contribution in [0.4, 0.5) is 0 Å². The van der Waals surface area contributed by atoms with Gasteiger partial charge < -0.3 is 9.47 Å². The van der Waals surface area contributed by atoms with Gasteiger partial charge in [-0.15, -0.1) is 0 Å². The summed E-state index contributed by atoms with van der Waals surface area (Å²) in [4.78, 5) is 19.6. The molecule has 0 rings (SSSR count). The third kappa shape index (κ3) is 5.39. The summed E-state index contributed by atoms with van der Waals surface area (Å²) in [5, 5.41) is 0. The third-order valence-corrected chi connectivity index (χ3v) is 1.26. The monoisotopic (exact) mass is 160 g/mol. The van der Waals surface area contributed by atoms with E-state index < -0.39 is 5.60 Å². The van der Waals surface area contributed by atoms with E-state index in [2.05, 4.69) is 4.74 Å². The zero-order valence-corrected chi connectivity index (χ0v) is 6.70. The van der Waals surface area contributed by atoms with E-state index in [1.165, 1.54) is 0 Å². The topological polar surface area (TPSA) is 52.6 Å². The largest absolute Gasteiger partial charge is 0.468 e. The molecule has 0 aromatic heterocycles. The van der Waals surface area contributed by atoms with Gasteiger partial charge in [0, 0.05) is 6.42 Å². The van der Waals surface area contributed by atoms with Crippen LogP contribution in [0.15, 0.2) is 0 Å². The Kier molecular flexibility index (Phi) is 4.26. The SMILES string of the molecule is CC(C)(CCOC=O)OC=O. The minimum atomic E-state index is -0.551. The molecule has 0 heterocycles. The van der Waals surface area contributed by atoms with Gasteiger partial charge in [0.1, 0.15) is 5.60 Å². The lowest BCUT2D eigenvalue weighted by atomic mass is 10.1. The Hall–Kier alpha value is -1.06. The smallest absolute Gasteiger partial charge is 0.293 e. The molecule has 0 amide bonds. The molecular formula is C7H12O4. The van der Waals surface area contributed by atoms with Crippen molar-refractivity contribution < 1.29 is 19.1 Å². The summed E-state index contributed by atoms with van der Waals surface area (Å²) in [6.45, 7) is 4.52. The average Bonchev–Trinajstić information content (AvgIpc) is 1.87. The maximum atomic E-state index is 9.92. The van der Waals surface area contributed by atoms with Crippen LogP contribution in [0.3, 0.4) is 0 Å². The van der Waals surface area contributed by atoms with Crippen LogP contribution in [0, 0.1) is 0 Å². The first-order chi connectivity index (χ1) is 5.12. The van der Waals surface area contributed by atoms with Gasteiger partial charge in [0.25, 0.3) is 12.9 Å². The summed E-state index contributed by atoms with van der Waals surface area (Å²) < 4.78 is 9.14. The molecule has 0 saturated heterocycles. The fourth-order valence-corrected chi connectivity index (χ4v) is 0.542. The number of rotatable bonds is 6. The Morgan fingerprint density at radius 2 is 1.91 bits per heavy atom. The van der Waals surface area contributed by atoms with Crippen LogP contribution in [-0.4, -0.2) is 25.2 Å². The van der Waals surface area contributed by atoms with E-state index in [9.17, 15) is 9.59 Å². The van der Waals surface area contributed by atoms with Crippen molar-refractivity contribution in [2.75, 3.05) is 6.61 Å². The number of hydrogen-bond donors (Lipinski definition) is 0. The maximum Gasteiger partial charge on any atom is 0.293 e. The molecular weight excluding hydrogens is 148 g/mol. The number of hydrogen-bond acceptors (Lipinski definition) is 4. The number of carbonyl (C=O) groups is 2. The summed E-state index contributed by atoms with van der Waals surface area (Å²) in [6, 6.07) is 0. The van der Waals surface area contributed by atoms with E-state index in [0.29, 0.717) is 19.4 Å². The van der Waals surface area contributed by atoms with Crippen molar-refractivity contribution >= 4 is 12.9 Å². The van der Waals surface area contributed by atoms with Gasteiger partial charge in [-0.25, -0.2) is 0 Å². The Morgan fingerprint density at radius 1 is 1.27 bits per heavy atom. The van der Waals surface area contributed by atoms with Crippen molar-refractivity contribution in [1.29, 1.82) is 0 Å². The van der Waals surface area contributed by atoms with Gasteiger partial charge in [-0.05, 0) is 13.8 Å². The molecule has 0 fully saturated rings. The van der Waals surface area contributed by atoms with Crippen LogP contribution in [0.1, 0.15) is 20.3 Å². The highest BCUT2D eigenvalue weighted by atomic mass is 16.5. The van der Waals surface area contributed by atoms with Crippen LogP contribution in [0.2, 0.25) is 0 Å². The van der Waals surface area contributed by atoms with Crippen LogP contribution in [0.25, 0.3) is 0 Å². The minimum Gasteiger partial charge on any atom is -0.468 e. The van der Waals surface area contributed by atoms with E-state index in [4.69, 9.17) is 4.74 Å². The lowest BCUT2D eigenvalue weighted by Gasteiger charge is -2.21. The van der Waals surface area contributed by atoms with Crippen LogP contribution in [-0.2, 0) is 19.1 Å². The predicted molar refractivity (Wildman–Crippen MR) is 37.9 cm³/mol. The molecule has 0 unspecified atom stereocenters. The van der Waals surface area contributed by atoms with E-state index in [1.807, 2.05) is 0 Å². The first-order valence-electron chi connectivity index (χ1n) is 3.29. The van der Waals surface area contributed by atoms with Crippen molar-refractivity contribution in [3.05, 3.63) is 0 Å². The zero-order valence-electron chi connectivity index (χ0n) is 6.70. The van der Waals surface area contributed by atoms with Crippen molar-refractivity contribution in [3.63, 3.8) is 0 Å². The van der Waals surface area contributed by atoms with E-state index in [0.717, 1.165) is 0 Å². The van der Waals surface area contributed by atoms with Gasteiger partial charge in [-0.1, -0.05) is 0 Å². The number of carbonyl (C=O) groups excluding carboxylic acids is 2. The zero-order chi connectivity index (χ0) is 8.74. The molecule has 64 valence electrons. The molecule has 0 saturated carbocycles. The second kappa shape index (κ2) is 4.71. The molecule has 0 bridgehead atoms. The Labute approximate surface area is 65.5 Å². The standard InChI is InChI=1S/C7H12O4/c1-7(2,11-6-9)3-4-10-5-8/h5-6H,3-4H2,1-2H3. The minimum absolute atomic E-state index is 0.268. The molecule has 0 aliphatic heterocycles. The van der Waals surface area contributed by atoms with Crippen LogP contribution >= 0.6 is 0 Å². The van der Waals surface area contributed by atoms with E-state index >= 15 is 0 Å². The first kappa shape index (κ1) is 9.94. The summed E-state index contributed by atoms with van der Waals surface area (Å²) in [5.74, 6) is 0. The van der Waals surface area contributed by atoms with E-state index in [1.54, 1.807) is 13.8 Å². The fraction of sp³-hybridized carbons (Fsp3) is 0.714. The molecule has 0 aromatic rings. The Balaban J connectivity index is 3.53. The summed E-state index contributed by atoms with van der Waals surface area (Å²) in [7, 11) is 0. The maximum absolute atomic E-state index is 9.92. The third-order valence-electron chi connectivity index (χ3n) is 1.26. The lowest BCUT2D eigenvalue weighted by molar-refractivity contribution is -0.142. The lowest BCUT2D eigenvalue weighted by Crippen LogP contribution is -2.25. The molecule has 0 atom stereocenters. The van der Waals surface area contributed by atoms with Crippen molar-refractivity contribution in [1.82, 2.24) is 0 Å². The van der Waals surface area contributed by atoms with Gasteiger partial charge in [0.2, 0.25) is 0 Å². The highest BCUT2D eigenvalue weighted by Crippen LogP contribution is 2.12. The second-order valence-corrected chi connectivity index (χ2v) is 2.69. The van der Waals surface area contributed by atoms with Gasteiger partial charge >= 0.3 is 0 Å². The molecule has 0 spiro atoms. The molecule has 0 N–H and O–H groups in total. The molecule has 0 radical (unpaired) electrons. The van der Waals surface area contributed by atoms with Gasteiger partial charge in [0.05, 0.1) is 6.61 Å². The molecule has 11 heavy (non-hydrogen) atoms. The van der Waals surface area contributed by atoms with Crippen LogP contribution in [0.5, 0.6) is 0 Å². The average molecular weight is 160 g/mol. The van der Waals surface area contributed by atoms with Gasteiger partial charge in [-0.3, -0.25) is 9.59 Å². The molecule has 4 heteroatoms. The highest BCUT2D eigenvalue weighted by molar-refractivity contribution is 5.38. The molecule has 4 nitrogen and oxygen atoms in total. The molecule has 0 aromatic carbocycles. The quantitative estimate of drug-likeness (QED) is 0.419. The number of ether oxygens (including phenoxy) is 2. The first-order valence-corrected chi connectivity index (χ1v) is 3.29. The van der Waals surface area contributed by atoms with E-state index in [-0.39, 0.29) is 6.61 Å². The highest BCUT2D eigenvalue weighted by Gasteiger charge is 2.17. The summed E-state index contributed by atoms with van der Waals surface area (Å²) in [6.07, 6.45) is 0.504. The summed E-state index contributed by atoms with van der Waals surface area (Å²) in [5.41, 5.74) is -0.551. The molecule has 0 aliphatic rings. The molecule has 0 aliphatic carbocycles. The summed E-state index contributed by atoms with van der Waals surface area (Å²) >= 11 is 0. The van der Waals surface area contributed by atoms with Crippen LogP contribution < -0.4 is 0 Å². The van der Waals surface area contributed by atoms with Gasteiger partial charge in [0.15, 0.2) is 0 Å². The van der Waals surface area contributed by atoms with Crippen molar-refractivity contribution in [2.24, 2.45) is 0 Å². The van der Waals surface area contributed by atoms with Crippen molar-refractivity contribution in [3.8, 4) is 0 Å². The second-order valence-electron chi connectivity index (χ2n) is 2.69. The van der Waals surface area contributed by atoms with Gasteiger partial charge in [-0.2, -0.15) is 0 Å². The fourth-order valence-electron chi connectivity index (χ4n) is 0.542.